The number of aryl methyl sites for hydroxylation is 1. The van der Waals surface area contributed by atoms with Crippen LogP contribution in [0.1, 0.15) is 24.7 Å². The number of amides is 1. The third-order valence-corrected chi connectivity index (χ3v) is 3.53. The summed E-state index contributed by atoms with van der Waals surface area (Å²) in [6, 6.07) is 0. The van der Waals surface area contributed by atoms with Crippen molar-refractivity contribution in [1.29, 1.82) is 0 Å². The minimum Gasteiger partial charge on any atom is -0.396 e. The summed E-state index contributed by atoms with van der Waals surface area (Å²) in [5.41, 5.74) is 8.17. The lowest BCUT2D eigenvalue weighted by molar-refractivity contribution is -0.132. The van der Waals surface area contributed by atoms with Crippen molar-refractivity contribution in [1.82, 2.24) is 14.7 Å². The maximum Gasteiger partial charge on any atom is 0.244 e. The summed E-state index contributed by atoms with van der Waals surface area (Å²) < 4.78 is 7.23. The minimum atomic E-state index is 0.0722. The molecule has 6 nitrogen and oxygen atoms in total. The van der Waals surface area contributed by atoms with Gasteiger partial charge in [0, 0.05) is 19.7 Å². The Bertz CT molecular complexity index is 469. The molecule has 0 aliphatic carbocycles. The summed E-state index contributed by atoms with van der Waals surface area (Å²) in [5, 5.41) is 4.30. The Hall–Kier alpha value is -1.56. The van der Waals surface area contributed by atoms with Gasteiger partial charge in [-0.05, 0) is 27.2 Å². The highest BCUT2D eigenvalue weighted by molar-refractivity contribution is 5.76. The van der Waals surface area contributed by atoms with Gasteiger partial charge >= 0.3 is 0 Å². The second-order valence-corrected chi connectivity index (χ2v) is 5.12. The lowest BCUT2D eigenvalue weighted by Crippen LogP contribution is -2.38. The van der Waals surface area contributed by atoms with Crippen molar-refractivity contribution in [2.75, 3.05) is 25.4 Å². The van der Waals surface area contributed by atoms with Gasteiger partial charge in [-0.3, -0.25) is 9.48 Å². The third kappa shape index (κ3) is 3.07. The van der Waals surface area contributed by atoms with Crippen molar-refractivity contribution in [3.05, 3.63) is 11.4 Å². The molecule has 1 aliphatic rings. The maximum atomic E-state index is 12.3. The predicted molar refractivity (Wildman–Crippen MR) is 72.7 cm³/mol. The van der Waals surface area contributed by atoms with Crippen LogP contribution in [0.4, 0.5) is 5.69 Å². The summed E-state index contributed by atoms with van der Waals surface area (Å²) in [6.45, 7) is 8.09. The molecule has 1 aromatic rings. The Kier molecular flexibility index (Phi) is 4.09. The van der Waals surface area contributed by atoms with Gasteiger partial charge < -0.3 is 15.4 Å². The van der Waals surface area contributed by atoms with E-state index in [2.05, 4.69) is 5.10 Å². The van der Waals surface area contributed by atoms with E-state index in [4.69, 9.17) is 10.5 Å². The molecule has 1 unspecified atom stereocenters. The molecule has 1 fully saturated rings. The monoisotopic (exact) mass is 266 g/mol. The van der Waals surface area contributed by atoms with E-state index in [1.807, 2.05) is 25.7 Å². The van der Waals surface area contributed by atoms with Gasteiger partial charge in [0.25, 0.3) is 0 Å². The van der Waals surface area contributed by atoms with Gasteiger partial charge in [-0.25, -0.2) is 0 Å². The second-order valence-electron chi connectivity index (χ2n) is 5.12. The quantitative estimate of drug-likeness (QED) is 0.856. The van der Waals surface area contributed by atoms with Crippen LogP contribution in [0.15, 0.2) is 0 Å². The number of carbonyl (C=O) groups excluding carboxylic acids is 1. The smallest absolute Gasteiger partial charge is 0.244 e. The lowest BCUT2D eigenvalue weighted by Gasteiger charge is -2.22. The molecule has 2 heterocycles. The highest BCUT2D eigenvalue weighted by atomic mass is 16.5. The molecule has 1 aromatic heterocycles. The Morgan fingerprint density at radius 2 is 2.26 bits per heavy atom. The molecule has 0 bridgehead atoms. The molecule has 1 saturated heterocycles. The number of hydrogen-bond donors (Lipinski definition) is 1. The van der Waals surface area contributed by atoms with Crippen LogP contribution in [0.5, 0.6) is 0 Å². The van der Waals surface area contributed by atoms with E-state index in [1.165, 1.54) is 0 Å². The van der Waals surface area contributed by atoms with Crippen LogP contribution >= 0.6 is 0 Å². The van der Waals surface area contributed by atoms with Gasteiger partial charge in [-0.1, -0.05) is 0 Å². The zero-order chi connectivity index (χ0) is 14.0. The van der Waals surface area contributed by atoms with Gasteiger partial charge in [0.15, 0.2) is 0 Å². The average molecular weight is 266 g/mol. The van der Waals surface area contributed by atoms with Gasteiger partial charge in [-0.2, -0.15) is 5.10 Å². The Morgan fingerprint density at radius 3 is 2.89 bits per heavy atom. The molecule has 1 atom stereocenters. The van der Waals surface area contributed by atoms with Gasteiger partial charge in [0.1, 0.15) is 6.54 Å². The first-order valence-corrected chi connectivity index (χ1v) is 6.68. The molecular weight excluding hydrogens is 244 g/mol. The summed E-state index contributed by atoms with van der Waals surface area (Å²) >= 11 is 0. The molecule has 1 aliphatic heterocycles. The summed E-state index contributed by atoms with van der Waals surface area (Å²) in [6.07, 6.45) is 0.979. The summed E-state index contributed by atoms with van der Waals surface area (Å²) in [4.78, 5) is 14.2. The molecule has 0 radical (unpaired) electrons. The number of ether oxygens (including phenoxy) is 1. The fourth-order valence-corrected chi connectivity index (χ4v) is 2.31. The molecular formula is C13H22N4O2. The highest BCUT2D eigenvalue weighted by Crippen LogP contribution is 2.15. The second kappa shape index (κ2) is 5.61. The van der Waals surface area contributed by atoms with Crippen LogP contribution in [0.2, 0.25) is 0 Å². The van der Waals surface area contributed by atoms with E-state index < -0.39 is 0 Å². The fourth-order valence-electron chi connectivity index (χ4n) is 2.31. The third-order valence-electron chi connectivity index (χ3n) is 3.53. The molecule has 0 spiro atoms. The molecule has 0 aromatic carbocycles. The first-order chi connectivity index (χ1) is 8.99. The first-order valence-electron chi connectivity index (χ1n) is 6.68. The van der Waals surface area contributed by atoms with Crippen LogP contribution in [0.25, 0.3) is 0 Å². The van der Waals surface area contributed by atoms with Crippen molar-refractivity contribution in [2.45, 2.75) is 39.8 Å². The number of hydrogen-bond acceptors (Lipinski definition) is 4. The van der Waals surface area contributed by atoms with Crippen LogP contribution in [0.3, 0.4) is 0 Å². The van der Waals surface area contributed by atoms with E-state index in [1.54, 1.807) is 4.68 Å². The first kappa shape index (κ1) is 13.9. The van der Waals surface area contributed by atoms with Gasteiger partial charge in [0.2, 0.25) is 5.91 Å². The number of anilines is 1. The zero-order valence-corrected chi connectivity index (χ0v) is 11.8. The van der Waals surface area contributed by atoms with Crippen LogP contribution in [0, 0.1) is 13.8 Å². The summed E-state index contributed by atoms with van der Waals surface area (Å²) in [5.74, 6) is 0.0722. The van der Waals surface area contributed by atoms with E-state index in [-0.39, 0.29) is 18.6 Å². The molecule has 1 amide bonds. The van der Waals surface area contributed by atoms with Gasteiger partial charge in [-0.15, -0.1) is 0 Å². The Labute approximate surface area is 113 Å². The number of carbonyl (C=O) groups is 1. The van der Waals surface area contributed by atoms with Crippen LogP contribution in [-0.2, 0) is 16.1 Å². The number of rotatable bonds is 2. The maximum absolute atomic E-state index is 12.3. The van der Waals surface area contributed by atoms with Crippen molar-refractivity contribution in [3.8, 4) is 0 Å². The van der Waals surface area contributed by atoms with Crippen molar-refractivity contribution >= 4 is 11.6 Å². The molecule has 106 valence electrons. The van der Waals surface area contributed by atoms with Crippen LogP contribution in [-0.4, -0.2) is 46.4 Å². The number of nitrogens with zero attached hydrogens (tertiary/aromatic N) is 3. The molecule has 2 N–H and O–H groups in total. The van der Waals surface area contributed by atoms with E-state index in [9.17, 15) is 4.79 Å². The molecule has 0 saturated carbocycles. The fraction of sp³-hybridized carbons (Fsp3) is 0.692. The molecule has 6 heteroatoms. The molecule has 19 heavy (non-hydrogen) atoms. The topological polar surface area (TPSA) is 73.4 Å². The number of nitrogens with two attached hydrogens (primary N) is 1. The minimum absolute atomic E-state index is 0.0722. The standard InChI is InChI=1S/C13H22N4O2/c1-9-7-16(5-4-6-19-9)12(18)8-17-11(3)13(14)10(2)15-17/h9H,4-8,14H2,1-3H3. The zero-order valence-electron chi connectivity index (χ0n) is 11.8. The van der Waals surface area contributed by atoms with Gasteiger partial charge in [0.05, 0.1) is 23.2 Å². The van der Waals surface area contributed by atoms with E-state index in [0.717, 1.165) is 31.0 Å². The van der Waals surface area contributed by atoms with E-state index in [0.29, 0.717) is 12.2 Å². The lowest BCUT2D eigenvalue weighted by atomic mass is 10.3. The Morgan fingerprint density at radius 1 is 1.53 bits per heavy atom. The predicted octanol–water partition coefficient (Wildman–Crippen LogP) is 0.720. The van der Waals surface area contributed by atoms with Crippen molar-refractivity contribution < 1.29 is 9.53 Å². The SMILES string of the molecule is Cc1nn(CC(=O)N2CCCOC(C)C2)c(C)c1N. The normalized spacial score (nSPS) is 20.4. The Balaban J connectivity index is 2.05. The number of aromatic nitrogens is 2. The van der Waals surface area contributed by atoms with Crippen molar-refractivity contribution in [3.63, 3.8) is 0 Å². The van der Waals surface area contributed by atoms with Crippen molar-refractivity contribution in [2.24, 2.45) is 0 Å². The largest absolute Gasteiger partial charge is 0.396 e. The molecule has 2 rings (SSSR count). The van der Waals surface area contributed by atoms with Crippen LogP contribution < -0.4 is 5.73 Å². The average Bonchev–Trinajstić information content (AvgIpc) is 2.58. The highest BCUT2D eigenvalue weighted by Gasteiger charge is 2.21. The van der Waals surface area contributed by atoms with E-state index >= 15 is 0 Å². The summed E-state index contributed by atoms with van der Waals surface area (Å²) in [7, 11) is 0. The number of nitrogen functional groups attached to an aromatic ring is 1.